The van der Waals surface area contributed by atoms with Gasteiger partial charge in [-0.25, -0.2) is 4.39 Å². The van der Waals surface area contributed by atoms with E-state index in [1.165, 1.54) is 12.1 Å². The third kappa shape index (κ3) is 2.83. The molecule has 1 N–H and O–H groups in total. The normalized spacial score (nSPS) is 12.1. The highest BCUT2D eigenvalue weighted by Gasteiger charge is 2.10. The summed E-state index contributed by atoms with van der Waals surface area (Å²) in [6.45, 7) is 0. The van der Waals surface area contributed by atoms with Crippen molar-refractivity contribution in [1.82, 2.24) is 0 Å². The third-order valence-electron chi connectivity index (χ3n) is 1.88. The molecular formula is C11H10BrFO. The lowest BCUT2D eigenvalue weighted by Gasteiger charge is -2.11. The highest BCUT2D eigenvalue weighted by molar-refractivity contribution is 9.10. The molecule has 0 spiro atoms. The predicted molar refractivity (Wildman–Crippen MR) is 57.1 cm³/mol. The Morgan fingerprint density at radius 3 is 2.86 bits per heavy atom. The lowest BCUT2D eigenvalue weighted by molar-refractivity contribution is 0.168. The maximum atomic E-state index is 12.7. The Balaban J connectivity index is 2.80. The molecule has 1 atom stereocenters. The number of aliphatic hydroxyl groups excluding tert-OH is 1. The van der Waals surface area contributed by atoms with Gasteiger partial charge in [-0.15, -0.1) is 12.3 Å². The molecular weight excluding hydrogens is 247 g/mol. The van der Waals surface area contributed by atoms with E-state index in [2.05, 4.69) is 21.9 Å². The fourth-order valence-corrected chi connectivity index (χ4v) is 1.76. The molecule has 1 nitrogen and oxygen atoms in total. The molecule has 0 aliphatic rings. The third-order valence-corrected chi connectivity index (χ3v) is 2.57. The van der Waals surface area contributed by atoms with Crippen LogP contribution in [0.2, 0.25) is 0 Å². The van der Waals surface area contributed by atoms with Crippen molar-refractivity contribution in [1.29, 1.82) is 0 Å². The minimum absolute atomic E-state index is 0.329. The molecule has 0 aliphatic heterocycles. The van der Waals surface area contributed by atoms with Crippen molar-refractivity contribution in [2.45, 2.75) is 18.9 Å². The lowest BCUT2D eigenvalue weighted by atomic mass is 10.1. The smallest absolute Gasteiger partial charge is 0.124 e. The van der Waals surface area contributed by atoms with E-state index >= 15 is 0 Å². The van der Waals surface area contributed by atoms with Gasteiger partial charge in [0.2, 0.25) is 0 Å². The summed E-state index contributed by atoms with van der Waals surface area (Å²) in [5.74, 6) is 2.12. The maximum Gasteiger partial charge on any atom is 0.124 e. The minimum atomic E-state index is -0.638. The summed E-state index contributed by atoms with van der Waals surface area (Å²) in [5.41, 5.74) is 0.668. The second kappa shape index (κ2) is 5.14. The summed E-state index contributed by atoms with van der Waals surface area (Å²) in [4.78, 5) is 0. The van der Waals surface area contributed by atoms with Gasteiger partial charge in [-0.1, -0.05) is 22.0 Å². The van der Waals surface area contributed by atoms with E-state index < -0.39 is 6.10 Å². The zero-order valence-electron chi connectivity index (χ0n) is 7.50. The Labute approximate surface area is 91.1 Å². The van der Waals surface area contributed by atoms with E-state index in [-0.39, 0.29) is 5.82 Å². The summed E-state index contributed by atoms with van der Waals surface area (Å²) in [7, 11) is 0. The van der Waals surface area contributed by atoms with Crippen LogP contribution in [0.3, 0.4) is 0 Å². The van der Waals surface area contributed by atoms with Gasteiger partial charge in [0.05, 0.1) is 6.10 Å². The highest BCUT2D eigenvalue weighted by Crippen LogP contribution is 2.26. The van der Waals surface area contributed by atoms with Crippen molar-refractivity contribution in [3.63, 3.8) is 0 Å². The number of terminal acetylenes is 1. The second-order valence-corrected chi connectivity index (χ2v) is 3.78. The largest absolute Gasteiger partial charge is 0.388 e. The quantitative estimate of drug-likeness (QED) is 0.825. The van der Waals surface area contributed by atoms with Crippen LogP contribution in [0.5, 0.6) is 0 Å². The molecule has 0 fully saturated rings. The first kappa shape index (κ1) is 11.2. The Kier molecular flexibility index (Phi) is 4.12. The predicted octanol–water partition coefficient (Wildman–Crippen LogP) is 3.04. The Morgan fingerprint density at radius 2 is 2.29 bits per heavy atom. The van der Waals surface area contributed by atoms with E-state index in [0.29, 0.717) is 22.9 Å². The van der Waals surface area contributed by atoms with Crippen LogP contribution in [0.25, 0.3) is 0 Å². The number of hydrogen-bond donors (Lipinski definition) is 1. The van der Waals surface area contributed by atoms with Crippen molar-refractivity contribution in [3.8, 4) is 12.3 Å². The number of hydrogen-bond acceptors (Lipinski definition) is 1. The van der Waals surface area contributed by atoms with Crippen LogP contribution in [-0.4, -0.2) is 5.11 Å². The molecule has 0 aromatic heterocycles. The molecule has 3 heteroatoms. The van der Waals surface area contributed by atoms with Crippen LogP contribution in [0.1, 0.15) is 24.5 Å². The van der Waals surface area contributed by atoms with Gasteiger partial charge >= 0.3 is 0 Å². The van der Waals surface area contributed by atoms with Crippen LogP contribution in [-0.2, 0) is 0 Å². The monoisotopic (exact) mass is 256 g/mol. The molecule has 0 radical (unpaired) electrons. The first-order valence-electron chi connectivity index (χ1n) is 4.21. The number of halogens is 2. The SMILES string of the molecule is C#CCCC(O)c1ccc(F)cc1Br. The van der Waals surface area contributed by atoms with Gasteiger partial charge in [0.1, 0.15) is 5.82 Å². The van der Waals surface area contributed by atoms with Crippen molar-refractivity contribution in [2.24, 2.45) is 0 Å². The van der Waals surface area contributed by atoms with Gasteiger partial charge in [-0.05, 0) is 24.1 Å². The topological polar surface area (TPSA) is 20.2 Å². The Hall–Kier alpha value is -0.850. The molecule has 1 aromatic carbocycles. The molecule has 74 valence electrons. The second-order valence-electron chi connectivity index (χ2n) is 2.92. The molecule has 1 unspecified atom stereocenters. The first-order chi connectivity index (χ1) is 6.65. The first-order valence-corrected chi connectivity index (χ1v) is 5.01. The molecule has 0 saturated heterocycles. The Morgan fingerprint density at radius 1 is 1.57 bits per heavy atom. The number of benzene rings is 1. The van der Waals surface area contributed by atoms with Crippen molar-refractivity contribution in [2.75, 3.05) is 0 Å². The van der Waals surface area contributed by atoms with Crippen LogP contribution in [0.4, 0.5) is 4.39 Å². The average Bonchev–Trinajstić information content (AvgIpc) is 2.14. The minimum Gasteiger partial charge on any atom is -0.388 e. The molecule has 14 heavy (non-hydrogen) atoms. The molecule has 0 amide bonds. The van der Waals surface area contributed by atoms with Crippen LogP contribution >= 0.6 is 15.9 Å². The molecule has 0 bridgehead atoms. The van der Waals surface area contributed by atoms with Crippen LogP contribution in [0, 0.1) is 18.2 Å². The maximum absolute atomic E-state index is 12.7. The van der Waals surface area contributed by atoms with Crippen molar-refractivity contribution >= 4 is 15.9 Å². The number of rotatable bonds is 3. The lowest BCUT2D eigenvalue weighted by Crippen LogP contribution is -1.98. The van der Waals surface area contributed by atoms with Crippen LogP contribution < -0.4 is 0 Å². The van der Waals surface area contributed by atoms with E-state index in [1.54, 1.807) is 6.07 Å². The van der Waals surface area contributed by atoms with E-state index in [9.17, 15) is 9.50 Å². The molecule has 0 aliphatic carbocycles. The zero-order valence-corrected chi connectivity index (χ0v) is 9.09. The summed E-state index contributed by atoms with van der Waals surface area (Å²) in [6.07, 6.45) is 5.44. The van der Waals surface area contributed by atoms with E-state index in [4.69, 9.17) is 6.42 Å². The van der Waals surface area contributed by atoms with Gasteiger partial charge in [-0.2, -0.15) is 0 Å². The zero-order chi connectivity index (χ0) is 10.6. The summed E-state index contributed by atoms with van der Waals surface area (Å²) in [6, 6.07) is 4.20. The fourth-order valence-electron chi connectivity index (χ4n) is 1.15. The summed E-state index contributed by atoms with van der Waals surface area (Å²) < 4.78 is 13.3. The fraction of sp³-hybridized carbons (Fsp3) is 0.273. The average molecular weight is 257 g/mol. The molecule has 1 aromatic rings. The Bertz CT molecular complexity index is 357. The summed E-state index contributed by atoms with van der Waals surface area (Å²) in [5, 5.41) is 9.68. The van der Waals surface area contributed by atoms with Gasteiger partial charge < -0.3 is 5.11 Å². The van der Waals surface area contributed by atoms with E-state index in [0.717, 1.165) is 0 Å². The standard InChI is InChI=1S/C11H10BrFO/c1-2-3-4-11(14)9-6-5-8(13)7-10(9)12/h1,5-7,11,14H,3-4H2. The van der Waals surface area contributed by atoms with Gasteiger partial charge in [0.25, 0.3) is 0 Å². The molecule has 0 saturated carbocycles. The number of aliphatic hydroxyl groups is 1. The van der Waals surface area contributed by atoms with Crippen LogP contribution in [0.15, 0.2) is 22.7 Å². The van der Waals surface area contributed by atoms with Gasteiger partial charge in [0, 0.05) is 10.9 Å². The summed E-state index contributed by atoms with van der Waals surface area (Å²) >= 11 is 3.19. The van der Waals surface area contributed by atoms with Gasteiger partial charge in [-0.3, -0.25) is 0 Å². The van der Waals surface area contributed by atoms with Gasteiger partial charge in [0.15, 0.2) is 0 Å². The molecule has 0 heterocycles. The van der Waals surface area contributed by atoms with Crippen molar-refractivity contribution in [3.05, 3.63) is 34.1 Å². The molecule has 1 rings (SSSR count). The highest BCUT2D eigenvalue weighted by atomic mass is 79.9. The van der Waals surface area contributed by atoms with Crippen molar-refractivity contribution < 1.29 is 9.50 Å². The van der Waals surface area contributed by atoms with E-state index in [1.807, 2.05) is 0 Å².